The summed E-state index contributed by atoms with van der Waals surface area (Å²) in [7, 11) is 1.50. The average Bonchev–Trinajstić information content (AvgIpc) is 3.32. The first-order valence-corrected chi connectivity index (χ1v) is 18.2. The Balaban J connectivity index is 0. The number of nitrogens with two attached hydrogens (primary N) is 1. The third-order valence-corrected chi connectivity index (χ3v) is 11.0. The number of hydrogen-bond donors (Lipinski definition) is 2. The van der Waals surface area contributed by atoms with Gasteiger partial charge in [-0.15, -0.1) is 0 Å². The highest BCUT2D eigenvalue weighted by atomic mass is 14.9. The third kappa shape index (κ3) is 12.4. The summed E-state index contributed by atoms with van der Waals surface area (Å²) in [6.07, 6.45) is 22.2. The number of allylic oxidation sites excluding steroid dienone is 1. The van der Waals surface area contributed by atoms with E-state index in [1.54, 1.807) is 0 Å². The molecule has 0 aromatic carbocycles. The number of unbranched alkanes of at least 4 members (excludes halogenated alkanes) is 6. The Kier molecular flexibility index (Phi) is 25.0. The van der Waals surface area contributed by atoms with Crippen LogP contribution < -0.4 is 11.1 Å². The molecule has 3 N–H and O–H groups in total. The molecule has 40 heavy (non-hydrogen) atoms. The van der Waals surface area contributed by atoms with Crippen LogP contribution in [0.15, 0.2) is 12.3 Å². The van der Waals surface area contributed by atoms with Crippen molar-refractivity contribution in [1.29, 1.82) is 0 Å². The Labute approximate surface area is 255 Å². The molecule has 2 fully saturated rings. The summed E-state index contributed by atoms with van der Waals surface area (Å²) in [4.78, 5) is 0. The summed E-state index contributed by atoms with van der Waals surface area (Å²) < 4.78 is 0. The van der Waals surface area contributed by atoms with Crippen molar-refractivity contribution in [2.75, 3.05) is 13.6 Å². The van der Waals surface area contributed by atoms with Crippen molar-refractivity contribution in [2.45, 2.75) is 179 Å². The summed E-state index contributed by atoms with van der Waals surface area (Å²) in [5, 5.41) is 3.67. The molecule has 2 aliphatic carbocycles. The van der Waals surface area contributed by atoms with Gasteiger partial charge in [-0.1, -0.05) is 134 Å². The predicted octanol–water partition coefficient (Wildman–Crippen LogP) is 12.2. The maximum atomic E-state index is 4.50. The highest BCUT2D eigenvalue weighted by Crippen LogP contribution is 2.64. The van der Waals surface area contributed by atoms with Crippen molar-refractivity contribution < 1.29 is 0 Å². The largest absolute Gasteiger partial charge is 0.389 e. The summed E-state index contributed by atoms with van der Waals surface area (Å²) in [6.45, 7) is 31.1. The Hall–Kier alpha value is -0.500. The molecule has 6 unspecified atom stereocenters. The van der Waals surface area contributed by atoms with Crippen molar-refractivity contribution in [3.05, 3.63) is 12.3 Å². The van der Waals surface area contributed by atoms with Crippen LogP contribution in [-0.2, 0) is 0 Å². The minimum atomic E-state index is 0.519. The fraction of sp³-hybridized carbons (Fsp3) is 0.947. The Morgan fingerprint density at radius 2 is 1.48 bits per heavy atom. The van der Waals surface area contributed by atoms with E-state index in [4.69, 9.17) is 0 Å². The molecule has 0 aliphatic heterocycles. The fourth-order valence-corrected chi connectivity index (χ4v) is 8.33. The molecule has 0 saturated heterocycles. The lowest BCUT2D eigenvalue weighted by atomic mass is 9.50. The van der Waals surface area contributed by atoms with Crippen LogP contribution in [0.4, 0.5) is 0 Å². The minimum Gasteiger partial charge on any atom is -0.389 e. The standard InChI is InChI=1S/C33H63N.2C2H6.CH5N/c1-9-12-14-15-16-17-25-34-27(6)18-19-28-20-21-30-29(11-3)31(22-24-33(28,30)8)32(7,26(4)5)23-13-10-2;3*1-2/h26,28-31,34H,6,9-25H2,1-5,7-8H3;2*1-2H3;2H2,1H3. The topological polar surface area (TPSA) is 38.0 Å². The zero-order valence-corrected chi connectivity index (χ0v) is 30.2. The van der Waals surface area contributed by atoms with Crippen molar-refractivity contribution >= 4 is 0 Å². The molecule has 6 atom stereocenters. The molecule has 2 heteroatoms. The molecule has 2 saturated carbocycles. The lowest BCUT2D eigenvalue weighted by Crippen LogP contribution is -2.48. The van der Waals surface area contributed by atoms with E-state index in [2.05, 4.69) is 66.1 Å². The van der Waals surface area contributed by atoms with Gasteiger partial charge in [0.1, 0.15) is 0 Å². The SMILES string of the molecule is C=C(CCC1CCC2C(CC)C(C(C)(CCCC)C(C)C)CCC12C)NCCCCCCCC.CC.CC.CN. The molecule has 2 nitrogen and oxygen atoms in total. The molecule has 0 amide bonds. The molecular formula is C38H80N2. The molecule has 0 aromatic rings. The molecule has 242 valence electrons. The van der Waals surface area contributed by atoms with Gasteiger partial charge in [0.25, 0.3) is 0 Å². The van der Waals surface area contributed by atoms with Gasteiger partial charge in [0.05, 0.1) is 0 Å². The molecule has 0 heterocycles. The van der Waals surface area contributed by atoms with E-state index in [1.807, 2.05) is 27.7 Å². The van der Waals surface area contributed by atoms with Crippen LogP contribution in [0.25, 0.3) is 0 Å². The fourth-order valence-electron chi connectivity index (χ4n) is 8.33. The predicted molar refractivity (Wildman–Crippen MR) is 186 cm³/mol. The van der Waals surface area contributed by atoms with E-state index in [0.717, 1.165) is 36.1 Å². The first kappa shape index (κ1) is 41.6. The number of rotatable bonds is 17. The van der Waals surface area contributed by atoms with Gasteiger partial charge in [-0.05, 0) is 98.8 Å². The van der Waals surface area contributed by atoms with Gasteiger partial charge in [0, 0.05) is 12.2 Å². The van der Waals surface area contributed by atoms with E-state index in [9.17, 15) is 0 Å². The third-order valence-electron chi connectivity index (χ3n) is 11.0. The summed E-state index contributed by atoms with van der Waals surface area (Å²) >= 11 is 0. The van der Waals surface area contributed by atoms with E-state index >= 15 is 0 Å². The van der Waals surface area contributed by atoms with E-state index in [0.29, 0.717) is 10.8 Å². The number of hydrogen-bond acceptors (Lipinski definition) is 2. The van der Waals surface area contributed by atoms with Crippen LogP contribution in [0.1, 0.15) is 179 Å². The number of nitrogens with one attached hydrogen (secondary N) is 1. The molecule has 0 aromatic heterocycles. The molecule has 0 spiro atoms. The van der Waals surface area contributed by atoms with Gasteiger partial charge >= 0.3 is 0 Å². The smallest absolute Gasteiger partial charge is 0.0143 e. The van der Waals surface area contributed by atoms with Gasteiger partial charge in [-0.25, -0.2) is 0 Å². The van der Waals surface area contributed by atoms with Crippen molar-refractivity contribution in [3.63, 3.8) is 0 Å². The minimum absolute atomic E-state index is 0.519. The van der Waals surface area contributed by atoms with Crippen molar-refractivity contribution in [3.8, 4) is 0 Å². The zero-order chi connectivity index (χ0) is 31.2. The molecule has 2 rings (SSSR count). The summed E-state index contributed by atoms with van der Waals surface area (Å²) in [5.74, 6) is 4.50. The monoisotopic (exact) mass is 565 g/mol. The van der Waals surface area contributed by atoms with Gasteiger partial charge in [-0.3, -0.25) is 0 Å². The van der Waals surface area contributed by atoms with Crippen LogP contribution in [-0.4, -0.2) is 13.6 Å². The highest BCUT2D eigenvalue weighted by molar-refractivity contribution is 5.06. The van der Waals surface area contributed by atoms with Crippen LogP contribution in [0, 0.1) is 40.4 Å². The van der Waals surface area contributed by atoms with Crippen LogP contribution >= 0.6 is 0 Å². The highest BCUT2D eigenvalue weighted by Gasteiger charge is 2.56. The van der Waals surface area contributed by atoms with Crippen LogP contribution in [0.2, 0.25) is 0 Å². The first-order chi connectivity index (χ1) is 19.2. The normalized spacial score (nSPS) is 26.6. The van der Waals surface area contributed by atoms with E-state index in [-0.39, 0.29) is 0 Å². The first-order valence-electron chi connectivity index (χ1n) is 18.2. The molecule has 0 bridgehead atoms. The summed E-state index contributed by atoms with van der Waals surface area (Å²) in [5.41, 5.74) is 6.89. The Morgan fingerprint density at radius 3 is 2.02 bits per heavy atom. The van der Waals surface area contributed by atoms with Gasteiger partial charge in [0.15, 0.2) is 0 Å². The van der Waals surface area contributed by atoms with Crippen molar-refractivity contribution in [2.24, 2.45) is 46.2 Å². The van der Waals surface area contributed by atoms with E-state index in [1.165, 1.54) is 115 Å². The second-order valence-corrected chi connectivity index (χ2v) is 13.2. The molecular weight excluding hydrogens is 484 g/mol. The second-order valence-electron chi connectivity index (χ2n) is 13.2. The second kappa shape index (κ2) is 24.0. The lowest BCUT2D eigenvalue weighted by Gasteiger charge is -2.55. The lowest BCUT2D eigenvalue weighted by molar-refractivity contribution is -0.0624. The maximum Gasteiger partial charge on any atom is 0.0143 e. The maximum absolute atomic E-state index is 4.50. The van der Waals surface area contributed by atoms with Gasteiger partial charge in [0.2, 0.25) is 0 Å². The molecule has 0 radical (unpaired) electrons. The number of fused-ring (bicyclic) bond motifs is 1. The Bertz CT molecular complexity index is 584. The van der Waals surface area contributed by atoms with Gasteiger partial charge in [-0.2, -0.15) is 0 Å². The van der Waals surface area contributed by atoms with Crippen LogP contribution in [0.5, 0.6) is 0 Å². The van der Waals surface area contributed by atoms with E-state index < -0.39 is 0 Å². The van der Waals surface area contributed by atoms with Gasteiger partial charge < -0.3 is 11.1 Å². The zero-order valence-electron chi connectivity index (χ0n) is 30.2. The van der Waals surface area contributed by atoms with Crippen molar-refractivity contribution in [1.82, 2.24) is 5.32 Å². The van der Waals surface area contributed by atoms with Crippen LogP contribution in [0.3, 0.4) is 0 Å². The Morgan fingerprint density at radius 1 is 0.900 bits per heavy atom. The quantitative estimate of drug-likeness (QED) is 0.172. The molecule has 2 aliphatic rings. The average molecular weight is 565 g/mol. The summed E-state index contributed by atoms with van der Waals surface area (Å²) in [6, 6.07) is 0.